The van der Waals surface area contributed by atoms with E-state index in [0.717, 1.165) is 10.2 Å². The molecule has 0 fully saturated rings. The standard InChI is InChI=1S/C14H13BrN2O2/c1-9-3-4-10(8-16-9)14(18)17-13-7-11(19-2)5-6-12(13)15/h3-8H,1-2H3,(H,17,18). The molecule has 2 rings (SSSR count). The molecule has 19 heavy (non-hydrogen) atoms. The van der Waals surface area contributed by atoms with Crippen LogP contribution in [0.2, 0.25) is 0 Å². The van der Waals surface area contributed by atoms with Crippen LogP contribution in [0.3, 0.4) is 0 Å². The summed E-state index contributed by atoms with van der Waals surface area (Å²) in [7, 11) is 1.58. The van der Waals surface area contributed by atoms with Crippen LogP contribution in [0.1, 0.15) is 16.1 Å². The minimum absolute atomic E-state index is 0.207. The molecule has 0 saturated heterocycles. The normalized spacial score (nSPS) is 10.1. The number of nitrogens with zero attached hydrogens (tertiary/aromatic N) is 1. The number of aryl methyl sites for hydroxylation is 1. The second-order valence-electron chi connectivity index (χ2n) is 3.99. The van der Waals surface area contributed by atoms with E-state index in [1.807, 2.05) is 19.1 Å². The van der Waals surface area contributed by atoms with Gasteiger partial charge in [0, 0.05) is 22.4 Å². The van der Waals surface area contributed by atoms with Gasteiger partial charge in [-0.05, 0) is 47.1 Å². The molecule has 5 heteroatoms. The van der Waals surface area contributed by atoms with Crippen molar-refractivity contribution < 1.29 is 9.53 Å². The second-order valence-corrected chi connectivity index (χ2v) is 4.84. The Hall–Kier alpha value is -1.88. The topological polar surface area (TPSA) is 51.2 Å². The van der Waals surface area contributed by atoms with Gasteiger partial charge in [-0.1, -0.05) is 0 Å². The third-order valence-corrected chi connectivity index (χ3v) is 3.29. The Morgan fingerprint density at radius 3 is 2.74 bits per heavy atom. The molecule has 0 aliphatic heterocycles. The highest BCUT2D eigenvalue weighted by molar-refractivity contribution is 9.10. The van der Waals surface area contributed by atoms with E-state index in [1.165, 1.54) is 0 Å². The summed E-state index contributed by atoms with van der Waals surface area (Å²) in [5.41, 5.74) is 2.05. The molecule has 0 aliphatic rings. The molecule has 0 unspecified atom stereocenters. The number of methoxy groups -OCH3 is 1. The average molecular weight is 321 g/mol. The zero-order valence-electron chi connectivity index (χ0n) is 10.6. The predicted molar refractivity (Wildman–Crippen MR) is 77.6 cm³/mol. The highest BCUT2D eigenvalue weighted by Gasteiger charge is 2.09. The van der Waals surface area contributed by atoms with E-state index < -0.39 is 0 Å². The Kier molecular flexibility index (Phi) is 4.16. The first-order chi connectivity index (χ1) is 9.10. The van der Waals surface area contributed by atoms with Crippen molar-refractivity contribution >= 4 is 27.5 Å². The smallest absolute Gasteiger partial charge is 0.257 e. The third kappa shape index (κ3) is 3.32. The SMILES string of the molecule is COc1ccc(Br)c(NC(=O)c2ccc(C)nc2)c1. The van der Waals surface area contributed by atoms with E-state index in [0.29, 0.717) is 17.0 Å². The number of rotatable bonds is 3. The first-order valence-corrected chi connectivity index (χ1v) is 6.47. The summed E-state index contributed by atoms with van der Waals surface area (Å²) < 4.78 is 5.92. The van der Waals surface area contributed by atoms with Crippen molar-refractivity contribution in [1.82, 2.24) is 4.98 Å². The van der Waals surface area contributed by atoms with Crippen molar-refractivity contribution in [3.8, 4) is 5.75 Å². The summed E-state index contributed by atoms with van der Waals surface area (Å²) in [6.07, 6.45) is 1.55. The number of anilines is 1. The zero-order valence-corrected chi connectivity index (χ0v) is 12.2. The van der Waals surface area contributed by atoms with Gasteiger partial charge in [-0.15, -0.1) is 0 Å². The lowest BCUT2D eigenvalue weighted by atomic mass is 10.2. The molecular weight excluding hydrogens is 308 g/mol. The maximum atomic E-state index is 12.1. The second kappa shape index (κ2) is 5.84. The van der Waals surface area contributed by atoms with Gasteiger partial charge < -0.3 is 10.1 Å². The molecular formula is C14H13BrN2O2. The van der Waals surface area contributed by atoms with E-state index >= 15 is 0 Å². The summed E-state index contributed by atoms with van der Waals surface area (Å²) in [5, 5.41) is 2.81. The van der Waals surface area contributed by atoms with Gasteiger partial charge in [0.25, 0.3) is 5.91 Å². The van der Waals surface area contributed by atoms with Crippen LogP contribution in [0, 0.1) is 6.92 Å². The first kappa shape index (κ1) is 13.5. The number of benzene rings is 1. The van der Waals surface area contributed by atoms with Crippen molar-refractivity contribution in [3.63, 3.8) is 0 Å². The maximum absolute atomic E-state index is 12.1. The van der Waals surface area contributed by atoms with E-state index in [9.17, 15) is 4.79 Å². The number of aromatic nitrogens is 1. The minimum Gasteiger partial charge on any atom is -0.497 e. The zero-order chi connectivity index (χ0) is 13.8. The molecule has 4 nitrogen and oxygen atoms in total. The van der Waals surface area contributed by atoms with Gasteiger partial charge in [0.1, 0.15) is 5.75 Å². The molecule has 0 atom stereocenters. The van der Waals surface area contributed by atoms with Crippen LogP contribution in [-0.4, -0.2) is 18.0 Å². The van der Waals surface area contributed by atoms with E-state index in [1.54, 1.807) is 31.5 Å². The van der Waals surface area contributed by atoms with Crippen LogP contribution in [-0.2, 0) is 0 Å². The van der Waals surface area contributed by atoms with Crippen LogP contribution in [0.4, 0.5) is 5.69 Å². The summed E-state index contributed by atoms with van der Waals surface area (Å²) in [4.78, 5) is 16.2. The van der Waals surface area contributed by atoms with Crippen molar-refractivity contribution in [1.29, 1.82) is 0 Å². The molecule has 2 aromatic rings. The Morgan fingerprint density at radius 2 is 2.11 bits per heavy atom. The van der Waals surface area contributed by atoms with Crippen molar-refractivity contribution in [2.24, 2.45) is 0 Å². The first-order valence-electron chi connectivity index (χ1n) is 5.67. The molecule has 98 valence electrons. The van der Waals surface area contributed by atoms with Crippen LogP contribution < -0.4 is 10.1 Å². The summed E-state index contributed by atoms with van der Waals surface area (Å²) in [5.74, 6) is 0.474. The lowest BCUT2D eigenvalue weighted by Gasteiger charge is -2.09. The fourth-order valence-electron chi connectivity index (χ4n) is 1.52. The van der Waals surface area contributed by atoms with Gasteiger partial charge in [0.2, 0.25) is 0 Å². The monoisotopic (exact) mass is 320 g/mol. The van der Waals surface area contributed by atoms with Crippen molar-refractivity contribution in [2.75, 3.05) is 12.4 Å². The number of carbonyl (C=O) groups is 1. The maximum Gasteiger partial charge on any atom is 0.257 e. The van der Waals surface area contributed by atoms with Gasteiger partial charge in [-0.25, -0.2) is 0 Å². The Morgan fingerprint density at radius 1 is 1.32 bits per heavy atom. The van der Waals surface area contributed by atoms with E-state index in [-0.39, 0.29) is 5.91 Å². The lowest BCUT2D eigenvalue weighted by molar-refractivity contribution is 0.102. The van der Waals surface area contributed by atoms with Crippen LogP contribution in [0.15, 0.2) is 41.0 Å². The average Bonchev–Trinajstić information content (AvgIpc) is 2.42. The lowest BCUT2D eigenvalue weighted by Crippen LogP contribution is -2.12. The van der Waals surface area contributed by atoms with Crippen LogP contribution in [0.5, 0.6) is 5.75 Å². The van der Waals surface area contributed by atoms with Crippen molar-refractivity contribution in [3.05, 3.63) is 52.3 Å². The van der Waals surface area contributed by atoms with Gasteiger partial charge >= 0.3 is 0 Å². The van der Waals surface area contributed by atoms with E-state index in [2.05, 4.69) is 26.2 Å². The van der Waals surface area contributed by atoms with Crippen LogP contribution >= 0.6 is 15.9 Å². The molecule has 1 N–H and O–H groups in total. The Labute approximate surface area is 119 Å². The van der Waals surface area contributed by atoms with Gasteiger partial charge in [0.15, 0.2) is 0 Å². The number of ether oxygens (including phenoxy) is 1. The van der Waals surface area contributed by atoms with Crippen molar-refractivity contribution in [2.45, 2.75) is 6.92 Å². The molecule has 0 saturated carbocycles. The highest BCUT2D eigenvalue weighted by Crippen LogP contribution is 2.27. The fraction of sp³-hybridized carbons (Fsp3) is 0.143. The third-order valence-electron chi connectivity index (χ3n) is 2.60. The molecule has 0 spiro atoms. The number of pyridine rings is 1. The Bertz CT molecular complexity index is 597. The summed E-state index contributed by atoms with van der Waals surface area (Å²) in [6.45, 7) is 1.88. The molecule has 1 amide bonds. The highest BCUT2D eigenvalue weighted by atomic mass is 79.9. The van der Waals surface area contributed by atoms with E-state index in [4.69, 9.17) is 4.74 Å². The van der Waals surface area contributed by atoms with Gasteiger partial charge in [-0.3, -0.25) is 9.78 Å². The van der Waals surface area contributed by atoms with Gasteiger partial charge in [-0.2, -0.15) is 0 Å². The molecule has 0 aliphatic carbocycles. The number of hydrogen-bond donors (Lipinski definition) is 1. The number of halogens is 1. The minimum atomic E-state index is -0.207. The molecule has 1 aromatic carbocycles. The largest absolute Gasteiger partial charge is 0.497 e. The molecule has 0 bridgehead atoms. The molecule has 1 heterocycles. The van der Waals surface area contributed by atoms with Gasteiger partial charge in [0.05, 0.1) is 18.4 Å². The molecule has 0 radical (unpaired) electrons. The summed E-state index contributed by atoms with van der Waals surface area (Å²) >= 11 is 3.39. The number of nitrogens with one attached hydrogen (secondary N) is 1. The number of carbonyl (C=O) groups excluding carboxylic acids is 1. The fourth-order valence-corrected chi connectivity index (χ4v) is 1.87. The number of hydrogen-bond acceptors (Lipinski definition) is 3. The Balaban J connectivity index is 2.21. The summed E-state index contributed by atoms with van der Waals surface area (Å²) in [6, 6.07) is 8.93. The van der Waals surface area contributed by atoms with Crippen LogP contribution in [0.25, 0.3) is 0 Å². The molecule has 1 aromatic heterocycles. The number of amides is 1. The quantitative estimate of drug-likeness (QED) is 0.942. The predicted octanol–water partition coefficient (Wildman–Crippen LogP) is 3.41.